The Bertz CT molecular complexity index is 285. The van der Waals surface area contributed by atoms with Gasteiger partial charge in [-0.15, -0.1) is 11.3 Å². The highest BCUT2D eigenvalue weighted by Crippen LogP contribution is 2.08. The van der Waals surface area contributed by atoms with Crippen LogP contribution in [0.2, 0.25) is 0 Å². The second-order valence-corrected chi connectivity index (χ2v) is 4.21. The summed E-state index contributed by atoms with van der Waals surface area (Å²) in [6.45, 7) is 4.97. The predicted molar refractivity (Wildman–Crippen MR) is 61.9 cm³/mol. The molecular formula is C11H17NO2S. The highest BCUT2D eigenvalue weighted by molar-refractivity contribution is 7.09. The molecule has 1 heterocycles. The van der Waals surface area contributed by atoms with Crippen LogP contribution < -0.4 is 5.32 Å². The normalized spacial score (nSPS) is 12.4. The lowest BCUT2D eigenvalue weighted by Gasteiger charge is -2.14. The molecule has 0 aliphatic heterocycles. The van der Waals surface area contributed by atoms with Gasteiger partial charge in [-0.1, -0.05) is 13.0 Å². The van der Waals surface area contributed by atoms with Gasteiger partial charge in [0.05, 0.1) is 6.61 Å². The summed E-state index contributed by atoms with van der Waals surface area (Å²) in [5.41, 5.74) is 0. The van der Waals surface area contributed by atoms with Crippen LogP contribution in [-0.2, 0) is 16.1 Å². The molecule has 0 aliphatic rings. The van der Waals surface area contributed by atoms with Gasteiger partial charge in [0.2, 0.25) is 0 Å². The third-order valence-electron chi connectivity index (χ3n) is 2.08. The molecule has 1 N–H and O–H groups in total. The summed E-state index contributed by atoms with van der Waals surface area (Å²) < 4.78 is 4.97. The molecule has 0 radical (unpaired) electrons. The van der Waals surface area contributed by atoms with Crippen molar-refractivity contribution in [2.45, 2.75) is 32.9 Å². The van der Waals surface area contributed by atoms with Crippen molar-refractivity contribution >= 4 is 17.3 Å². The third kappa shape index (κ3) is 4.01. The number of carbonyl (C=O) groups excluding carboxylic acids is 1. The number of hydrogen-bond donors (Lipinski definition) is 1. The Kier molecular flexibility index (Phi) is 5.36. The van der Waals surface area contributed by atoms with E-state index in [1.54, 1.807) is 11.3 Å². The van der Waals surface area contributed by atoms with Gasteiger partial charge in [0.1, 0.15) is 6.04 Å². The molecule has 1 aromatic heterocycles. The minimum Gasteiger partial charge on any atom is -0.465 e. The highest BCUT2D eigenvalue weighted by atomic mass is 32.1. The van der Waals surface area contributed by atoms with Gasteiger partial charge in [-0.2, -0.15) is 0 Å². The summed E-state index contributed by atoms with van der Waals surface area (Å²) in [5.74, 6) is -0.156. The van der Waals surface area contributed by atoms with Crippen molar-refractivity contribution < 1.29 is 9.53 Å². The first kappa shape index (κ1) is 12.2. The van der Waals surface area contributed by atoms with E-state index in [-0.39, 0.29) is 12.0 Å². The van der Waals surface area contributed by atoms with Gasteiger partial charge >= 0.3 is 5.97 Å². The maximum atomic E-state index is 11.5. The van der Waals surface area contributed by atoms with Crippen molar-refractivity contribution in [1.29, 1.82) is 0 Å². The van der Waals surface area contributed by atoms with Gasteiger partial charge < -0.3 is 4.74 Å². The van der Waals surface area contributed by atoms with Crippen LogP contribution in [-0.4, -0.2) is 18.6 Å². The van der Waals surface area contributed by atoms with E-state index in [1.165, 1.54) is 4.88 Å². The molecule has 1 rings (SSSR count). The van der Waals surface area contributed by atoms with Crippen molar-refractivity contribution in [3.05, 3.63) is 22.4 Å². The van der Waals surface area contributed by atoms with E-state index in [1.807, 2.05) is 25.3 Å². The second kappa shape index (κ2) is 6.58. The van der Waals surface area contributed by atoms with E-state index < -0.39 is 0 Å². The monoisotopic (exact) mass is 227 g/mol. The molecule has 0 fully saturated rings. The van der Waals surface area contributed by atoms with Gasteiger partial charge in [0.15, 0.2) is 0 Å². The number of hydrogen-bond acceptors (Lipinski definition) is 4. The second-order valence-electron chi connectivity index (χ2n) is 3.17. The van der Waals surface area contributed by atoms with Crippen LogP contribution in [0, 0.1) is 0 Å². The van der Waals surface area contributed by atoms with Gasteiger partial charge in [-0.05, 0) is 24.8 Å². The average molecular weight is 227 g/mol. The zero-order valence-corrected chi connectivity index (χ0v) is 9.97. The lowest BCUT2D eigenvalue weighted by Crippen LogP contribution is -2.36. The number of carbonyl (C=O) groups is 1. The Morgan fingerprint density at radius 1 is 1.60 bits per heavy atom. The van der Waals surface area contributed by atoms with Crippen molar-refractivity contribution in [3.63, 3.8) is 0 Å². The molecule has 0 saturated heterocycles. The molecule has 0 bridgehead atoms. The lowest BCUT2D eigenvalue weighted by molar-refractivity contribution is -0.145. The number of esters is 1. The molecule has 4 heteroatoms. The number of ether oxygens (including phenoxy) is 1. The minimum atomic E-state index is -0.188. The van der Waals surface area contributed by atoms with Crippen LogP contribution in [0.4, 0.5) is 0 Å². The number of rotatable bonds is 6. The molecule has 1 aromatic rings. The van der Waals surface area contributed by atoms with E-state index in [0.717, 1.165) is 13.0 Å². The fourth-order valence-corrected chi connectivity index (χ4v) is 1.93. The summed E-state index contributed by atoms with van der Waals surface area (Å²) in [6.07, 6.45) is 0.754. The Hall–Kier alpha value is -0.870. The maximum Gasteiger partial charge on any atom is 0.323 e. The standard InChI is InChI=1S/C11H17NO2S/c1-3-10(11(13)14-4-2)12-8-9-6-5-7-15-9/h5-7,10,12H,3-4,8H2,1-2H3. The minimum absolute atomic E-state index is 0.156. The van der Waals surface area contributed by atoms with Gasteiger partial charge in [0, 0.05) is 11.4 Å². The maximum absolute atomic E-state index is 11.5. The Morgan fingerprint density at radius 3 is 2.93 bits per heavy atom. The van der Waals surface area contributed by atoms with E-state index in [9.17, 15) is 4.79 Å². The van der Waals surface area contributed by atoms with E-state index in [2.05, 4.69) is 11.4 Å². The fourth-order valence-electron chi connectivity index (χ4n) is 1.27. The summed E-state index contributed by atoms with van der Waals surface area (Å²) in [4.78, 5) is 12.7. The molecule has 3 nitrogen and oxygen atoms in total. The molecule has 0 amide bonds. The SMILES string of the molecule is CCOC(=O)C(CC)NCc1cccs1. The average Bonchev–Trinajstić information content (AvgIpc) is 2.72. The molecular weight excluding hydrogens is 210 g/mol. The van der Waals surface area contributed by atoms with Crippen LogP contribution in [0.15, 0.2) is 17.5 Å². The molecule has 0 spiro atoms. The van der Waals surface area contributed by atoms with Crippen molar-refractivity contribution in [3.8, 4) is 0 Å². The van der Waals surface area contributed by atoms with Crippen molar-refractivity contribution in [1.82, 2.24) is 5.32 Å². The molecule has 84 valence electrons. The van der Waals surface area contributed by atoms with Crippen LogP contribution >= 0.6 is 11.3 Å². The van der Waals surface area contributed by atoms with Gasteiger partial charge in [-0.25, -0.2) is 0 Å². The molecule has 1 atom stereocenters. The number of nitrogens with one attached hydrogen (secondary N) is 1. The number of thiophene rings is 1. The third-order valence-corrected chi connectivity index (χ3v) is 2.96. The quantitative estimate of drug-likeness (QED) is 0.757. The molecule has 0 saturated carbocycles. The van der Waals surface area contributed by atoms with Crippen molar-refractivity contribution in [2.75, 3.05) is 6.61 Å². The van der Waals surface area contributed by atoms with Gasteiger partial charge in [-0.3, -0.25) is 10.1 Å². The smallest absolute Gasteiger partial charge is 0.323 e. The summed E-state index contributed by atoms with van der Waals surface area (Å²) in [6, 6.07) is 3.87. The zero-order valence-electron chi connectivity index (χ0n) is 9.16. The van der Waals surface area contributed by atoms with Gasteiger partial charge in [0.25, 0.3) is 0 Å². The Morgan fingerprint density at radius 2 is 2.40 bits per heavy atom. The topological polar surface area (TPSA) is 38.3 Å². The van der Waals surface area contributed by atoms with Crippen LogP contribution in [0.1, 0.15) is 25.1 Å². The van der Waals surface area contributed by atoms with E-state index in [4.69, 9.17) is 4.74 Å². The van der Waals surface area contributed by atoms with E-state index in [0.29, 0.717) is 6.61 Å². The first-order valence-electron chi connectivity index (χ1n) is 5.20. The molecule has 0 aliphatic carbocycles. The van der Waals surface area contributed by atoms with E-state index >= 15 is 0 Å². The summed E-state index contributed by atoms with van der Waals surface area (Å²) in [5, 5.41) is 5.22. The predicted octanol–water partition coefficient (Wildman–Crippen LogP) is 2.18. The Labute approximate surface area is 94.5 Å². The molecule has 0 aromatic carbocycles. The van der Waals surface area contributed by atoms with Crippen LogP contribution in [0.25, 0.3) is 0 Å². The summed E-state index contributed by atoms with van der Waals surface area (Å²) in [7, 11) is 0. The highest BCUT2D eigenvalue weighted by Gasteiger charge is 2.16. The van der Waals surface area contributed by atoms with Crippen LogP contribution in [0.5, 0.6) is 0 Å². The zero-order chi connectivity index (χ0) is 11.1. The first-order valence-corrected chi connectivity index (χ1v) is 6.08. The molecule has 1 unspecified atom stereocenters. The fraction of sp³-hybridized carbons (Fsp3) is 0.545. The first-order chi connectivity index (χ1) is 7.27. The summed E-state index contributed by atoms with van der Waals surface area (Å²) >= 11 is 1.69. The molecule has 15 heavy (non-hydrogen) atoms. The van der Waals surface area contributed by atoms with Crippen molar-refractivity contribution in [2.24, 2.45) is 0 Å². The Balaban J connectivity index is 2.37. The lowest BCUT2D eigenvalue weighted by atomic mass is 10.2. The van der Waals surface area contributed by atoms with Crippen LogP contribution in [0.3, 0.4) is 0 Å². The largest absolute Gasteiger partial charge is 0.465 e.